The molecule has 0 spiro atoms. The van der Waals surface area contributed by atoms with Gasteiger partial charge in [-0.1, -0.05) is 11.6 Å². The summed E-state index contributed by atoms with van der Waals surface area (Å²) >= 11 is 6.00. The van der Waals surface area contributed by atoms with Crippen LogP contribution in [0.3, 0.4) is 0 Å². The fraction of sp³-hybridized carbons (Fsp3) is 0.294. The van der Waals surface area contributed by atoms with E-state index in [-0.39, 0.29) is 0 Å². The van der Waals surface area contributed by atoms with Crippen LogP contribution in [0, 0.1) is 6.92 Å². The number of benzene rings is 1. The van der Waals surface area contributed by atoms with Gasteiger partial charge in [-0.25, -0.2) is 15.0 Å². The van der Waals surface area contributed by atoms with Crippen molar-refractivity contribution in [1.82, 2.24) is 19.9 Å². The molecule has 0 radical (unpaired) electrons. The standard InChI is InChI=1S/C17H17ClN6/c1-12-8-16(21-11-20-12)23-4-6-24(7-5-23)17-10-19-15-9-13(18)2-3-14(15)22-17/h2-3,8-11H,4-7H2,1H3. The minimum Gasteiger partial charge on any atom is -0.353 e. The number of aromatic nitrogens is 4. The van der Waals surface area contributed by atoms with Crippen molar-refractivity contribution >= 4 is 34.3 Å². The van der Waals surface area contributed by atoms with Crippen molar-refractivity contribution in [3.05, 3.63) is 47.5 Å². The minimum atomic E-state index is 0.679. The number of fused-ring (bicyclic) bond motifs is 1. The third kappa shape index (κ3) is 2.97. The molecule has 0 atom stereocenters. The zero-order chi connectivity index (χ0) is 16.5. The van der Waals surface area contributed by atoms with Crippen LogP contribution < -0.4 is 9.80 Å². The molecule has 7 heteroatoms. The lowest BCUT2D eigenvalue weighted by Gasteiger charge is -2.35. The molecule has 1 saturated heterocycles. The van der Waals surface area contributed by atoms with E-state index in [1.807, 2.05) is 37.4 Å². The van der Waals surface area contributed by atoms with Crippen LogP contribution in [0.5, 0.6) is 0 Å². The molecule has 1 aliphatic rings. The molecule has 0 aliphatic carbocycles. The van der Waals surface area contributed by atoms with Gasteiger partial charge in [0.2, 0.25) is 0 Å². The van der Waals surface area contributed by atoms with Crippen LogP contribution in [0.25, 0.3) is 11.0 Å². The zero-order valence-electron chi connectivity index (χ0n) is 13.4. The predicted octanol–water partition coefficient (Wildman–Crippen LogP) is 2.71. The van der Waals surface area contributed by atoms with E-state index in [0.29, 0.717) is 5.02 Å². The molecule has 4 rings (SSSR count). The molecule has 122 valence electrons. The highest BCUT2D eigenvalue weighted by Crippen LogP contribution is 2.21. The van der Waals surface area contributed by atoms with E-state index in [1.54, 1.807) is 6.33 Å². The minimum absolute atomic E-state index is 0.679. The number of hydrogen-bond donors (Lipinski definition) is 0. The van der Waals surface area contributed by atoms with Gasteiger partial charge in [-0.2, -0.15) is 0 Å². The number of piperazine rings is 1. The van der Waals surface area contributed by atoms with Crippen molar-refractivity contribution in [3.63, 3.8) is 0 Å². The van der Waals surface area contributed by atoms with E-state index in [0.717, 1.165) is 54.5 Å². The molecule has 3 heterocycles. The van der Waals surface area contributed by atoms with E-state index < -0.39 is 0 Å². The molecule has 3 aromatic rings. The van der Waals surface area contributed by atoms with Gasteiger partial charge in [0.15, 0.2) is 0 Å². The van der Waals surface area contributed by atoms with Gasteiger partial charge in [-0.15, -0.1) is 0 Å². The molecule has 0 bridgehead atoms. The smallest absolute Gasteiger partial charge is 0.147 e. The lowest BCUT2D eigenvalue weighted by Crippen LogP contribution is -2.47. The second kappa shape index (κ2) is 6.20. The van der Waals surface area contributed by atoms with Crippen LogP contribution in [0.15, 0.2) is 36.8 Å². The average Bonchev–Trinajstić information content (AvgIpc) is 2.61. The quantitative estimate of drug-likeness (QED) is 0.715. The Morgan fingerprint density at radius 2 is 1.62 bits per heavy atom. The Kier molecular flexibility index (Phi) is 3.90. The van der Waals surface area contributed by atoms with E-state index in [2.05, 4.69) is 24.8 Å². The van der Waals surface area contributed by atoms with Crippen molar-refractivity contribution < 1.29 is 0 Å². The topological polar surface area (TPSA) is 58.0 Å². The summed E-state index contributed by atoms with van der Waals surface area (Å²) in [7, 11) is 0. The summed E-state index contributed by atoms with van der Waals surface area (Å²) in [5.74, 6) is 1.89. The van der Waals surface area contributed by atoms with Gasteiger partial charge in [0, 0.05) is 43.0 Å². The summed E-state index contributed by atoms with van der Waals surface area (Å²) in [4.78, 5) is 22.3. The van der Waals surface area contributed by atoms with Crippen molar-refractivity contribution in [1.29, 1.82) is 0 Å². The summed E-state index contributed by atoms with van der Waals surface area (Å²) in [6.45, 7) is 5.56. The Hall–Kier alpha value is -2.47. The lowest BCUT2D eigenvalue weighted by atomic mass is 10.3. The maximum atomic E-state index is 6.00. The molecule has 0 amide bonds. The van der Waals surface area contributed by atoms with Crippen molar-refractivity contribution in [2.24, 2.45) is 0 Å². The highest BCUT2D eigenvalue weighted by atomic mass is 35.5. The molecule has 6 nitrogen and oxygen atoms in total. The fourth-order valence-corrected chi connectivity index (χ4v) is 3.07. The lowest BCUT2D eigenvalue weighted by molar-refractivity contribution is 0.640. The van der Waals surface area contributed by atoms with Crippen LogP contribution in [0.1, 0.15) is 5.69 Å². The third-order valence-electron chi connectivity index (χ3n) is 4.21. The van der Waals surface area contributed by atoms with Crippen molar-refractivity contribution in [2.45, 2.75) is 6.92 Å². The Labute approximate surface area is 145 Å². The molecule has 0 saturated carbocycles. The van der Waals surface area contributed by atoms with Crippen molar-refractivity contribution in [3.8, 4) is 0 Å². The van der Waals surface area contributed by atoms with E-state index >= 15 is 0 Å². The number of nitrogens with zero attached hydrogens (tertiary/aromatic N) is 6. The maximum absolute atomic E-state index is 6.00. The Morgan fingerprint density at radius 1 is 0.875 bits per heavy atom. The molecule has 0 N–H and O–H groups in total. The number of halogens is 1. The monoisotopic (exact) mass is 340 g/mol. The van der Waals surface area contributed by atoms with Crippen LogP contribution in [-0.2, 0) is 0 Å². The van der Waals surface area contributed by atoms with Crippen molar-refractivity contribution in [2.75, 3.05) is 36.0 Å². The molecule has 24 heavy (non-hydrogen) atoms. The Morgan fingerprint density at radius 3 is 2.38 bits per heavy atom. The number of anilines is 2. The second-order valence-electron chi connectivity index (χ2n) is 5.85. The first-order valence-corrected chi connectivity index (χ1v) is 8.28. The normalized spacial score (nSPS) is 15.1. The van der Waals surface area contributed by atoms with Gasteiger partial charge in [0.05, 0.1) is 17.2 Å². The molecule has 1 fully saturated rings. The highest BCUT2D eigenvalue weighted by molar-refractivity contribution is 6.31. The predicted molar refractivity (Wildman–Crippen MR) is 95.7 cm³/mol. The first kappa shape index (κ1) is 15.1. The Balaban J connectivity index is 1.50. The van der Waals surface area contributed by atoms with E-state index in [4.69, 9.17) is 16.6 Å². The SMILES string of the molecule is Cc1cc(N2CCN(c3cnc4cc(Cl)ccc4n3)CC2)ncn1. The van der Waals surface area contributed by atoms with Gasteiger partial charge >= 0.3 is 0 Å². The molecular formula is C17H17ClN6. The molecule has 1 aromatic carbocycles. The first-order chi connectivity index (χ1) is 11.7. The van der Waals surface area contributed by atoms with E-state index in [9.17, 15) is 0 Å². The molecule has 1 aliphatic heterocycles. The second-order valence-corrected chi connectivity index (χ2v) is 6.29. The summed E-state index contributed by atoms with van der Waals surface area (Å²) in [6.07, 6.45) is 3.44. The largest absolute Gasteiger partial charge is 0.353 e. The van der Waals surface area contributed by atoms with E-state index in [1.165, 1.54) is 0 Å². The number of rotatable bonds is 2. The van der Waals surface area contributed by atoms with Gasteiger partial charge in [0.25, 0.3) is 0 Å². The van der Waals surface area contributed by atoms with Crippen LogP contribution in [0.4, 0.5) is 11.6 Å². The average molecular weight is 341 g/mol. The van der Waals surface area contributed by atoms with Gasteiger partial charge in [0.1, 0.15) is 18.0 Å². The highest BCUT2D eigenvalue weighted by Gasteiger charge is 2.19. The maximum Gasteiger partial charge on any atom is 0.147 e. The van der Waals surface area contributed by atoms with Gasteiger partial charge in [-0.3, -0.25) is 4.98 Å². The van der Waals surface area contributed by atoms with Crippen LogP contribution in [-0.4, -0.2) is 46.1 Å². The molecule has 2 aromatic heterocycles. The summed E-state index contributed by atoms with van der Waals surface area (Å²) in [5, 5.41) is 0.679. The zero-order valence-corrected chi connectivity index (χ0v) is 14.1. The number of hydrogen-bond acceptors (Lipinski definition) is 6. The first-order valence-electron chi connectivity index (χ1n) is 7.90. The third-order valence-corrected chi connectivity index (χ3v) is 4.44. The van der Waals surface area contributed by atoms with Gasteiger partial charge in [-0.05, 0) is 25.1 Å². The summed E-state index contributed by atoms with van der Waals surface area (Å²) in [6, 6.07) is 7.62. The molecule has 0 unspecified atom stereocenters. The summed E-state index contributed by atoms with van der Waals surface area (Å²) in [5.41, 5.74) is 2.67. The number of aryl methyl sites for hydroxylation is 1. The molecular weight excluding hydrogens is 324 g/mol. The van der Waals surface area contributed by atoms with Crippen LogP contribution >= 0.6 is 11.6 Å². The van der Waals surface area contributed by atoms with Gasteiger partial charge < -0.3 is 9.80 Å². The fourth-order valence-electron chi connectivity index (χ4n) is 2.90. The van der Waals surface area contributed by atoms with Crippen LogP contribution in [0.2, 0.25) is 5.02 Å². The Bertz CT molecular complexity index is 876. The summed E-state index contributed by atoms with van der Waals surface area (Å²) < 4.78 is 0.